The second kappa shape index (κ2) is 11.2. The van der Waals surface area contributed by atoms with Gasteiger partial charge in [0.25, 0.3) is 0 Å². The number of aromatic nitrogens is 2. The quantitative estimate of drug-likeness (QED) is 0.366. The highest BCUT2D eigenvalue weighted by Crippen LogP contribution is 2.29. The van der Waals surface area contributed by atoms with Gasteiger partial charge in [-0.1, -0.05) is 51.1 Å². The maximum Gasteiger partial charge on any atom is 0.225 e. The molecule has 0 fully saturated rings. The largest absolute Gasteiger partial charge is 0.493 e. The number of aryl methyl sites for hydroxylation is 1. The zero-order valence-corrected chi connectivity index (χ0v) is 21.2. The Bertz CT molecular complexity index is 1140. The number of hydrogen-bond acceptors (Lipinski definition) is 4. The van der Waals surface area contributed by atoms with Crippen molar-refractivity contribution in [2.45, 2.75) is 60.0 Å². The van der Waals surface area contributed by atoms with E-state index in [1.54, 1.807) is 7.11 Å². The third-order valence-corrected chi connectivity index (χ3v) is 5.68. The van der Waals surface area contributed by atoms with Crippen molar-refractivity contribution in [1.29, 1.82) is 0 Å². The molecule has 0 bridgehead atoms. The molecule has 1 N–H and O–H groups in total. The minimum atomic E-state index is -0.450. The van der Waals surface area contributed by atoms with E-state index in [-0.39, 0.29) is 11.9 Å². The van der Waals surface area contributed by atoms with Crippen molar-refractivity contribution >= 4 is 23.0 Å². The van der Waals surface area contributed by atoms with Gasteiger partial charge in [0.1, 0.15) is 5.82 Å². The summed E-state index contributed by atoms with van der Waals surface area (Å²) >= 11 is 0. The maximum atomic E-state index is 12.5. The third kappa shape index (κ3) is 6.19. The van der Waals surface area contributed by atoms with Gasteiger partial charge >= 0.3 is 0 Å². The molecule has 0 aliphatic carbocycles. The highest BCUT2D eigenvalue weighted by atomic mass is 16.5. The van der Waals surface area contributed by atoms with Crippen LogP contribution in [0.3, 0.4) is 0 Å². The first-order valence-electron chi connectivity index (χ1n) is 11.9. The minimum Gasteiger partial charge on any atom is -0.493 e. The van der Waals surface area contributed by atoms with Crippen LogP contribution in [0.5, 0.6) is 11.5 Å². The Hall–Kier alpha value is -3.28. The molecule has 0 saturated carbocycles. The number of carbonyl (C=O) groups excluding carboxylic acids is 1. The van der Waals surface area contributed by atoms with Gasteiger partial charge in [0.05, 0.1) is 30.8 Å². The summed E-state index contributed by atoms with van der Waals surface area (Å²) in [5.41, 5.74) is 2.65. The second-order valence-corrected chi connectivity index (χ2v) is 9.52. The van der Waals surface area contributed by atoms with Crippen molar-refractivity contribution in [3.05, 3.63) is 59.9 Å². The Morgan fingerprint density at radius 1 is 1.15 bits per heavy atom. The first kappa shape index (κ1) is 25.3. The van der Waals surface area contributed by atoms with Gasteiger partial charge in [-0.15, -0.1) is 0 Å². The predicted molar refractivity (Wildman–Crippen MR) is 138 cm³/mol. The predicted octanol–water partition coefficient (Wildman–Crippen LogP) is 6.16. The van der Waals surface area contributed by atoms with E-state index in [1.807, 2.05) is 83.2 Å². The average molecular weight is 464 g/mol. The van der Waals surface area contributed by atoms with Crippen LogP contribution < -0.4 is 14.8 Å². The van der Waals surface area contributed by atoms with Crippen molar-refractivity contribution in [3.8, 4) is 11.5 Å². The molecule has 1 heterocycles. The van der Waals surface area contributed by atoms with E-state index < -0.39 is 5.41 Å². The summed E-state index contributed by atoms with van der Waals surface area (Å²) in [7, 11) is 1.66. The van der Waals surface area contributed by atoms with Crippen LogP contribution in [0.1, 0.15) is 64.9 Å². The Balaban J connectivity index is 1.65. The molecule has 1 amide bonds. The molecule has 6 nitrogen and oxygen atoms in total. The normalized spacial score (nSPS) is 12.8. The van der Waals surface area contributed by atoms with Gasteiger partial charge in [-0.3, -0.25) is 4.79 Å². The first-order chi connectivity index (χ1) is 16.2. The van der Waals surface area contributed by atoms with E-state index in [0.29, 0.717) is 6.61 Å². The molecule has 3 aromatic rings. The van der Waals surface area contributed by atoms with Gasteiger partial charge in [-0.05, 0) is 56.5 Å². The van der Waals surface area contributed by atoms with E-state index >= 15 is 0 Å². The number of fused-ring (bicyclic) bond motifs is 1. The summed E-state index contributed by atoms with van der Waals surface area (Å²) in [6.07, 6.45) is 5.84. The van der Waals surface area contributed by atoms with Gasteiger partial charge in [0.15, 0.2) is 11.5 Å². The van der Waals surface area contributed by atoms with Crippen LogP contribution in [0, 0.1) is 5.41 Å². The van der Waals surface area contributed by atoms with Crippen molar-refractivity contribution in [2.24, 2.45) is 5.41 Å². The number of imidazole rings is 1. The van der Waals surface area contributed by atoms with Crippen molar-refractivity contribution in [2.75, 3.05) is 13.7 Å². The molecule has 0 spiro atoms. The fourth-order valence-electron chi connectivity index (χ4n) is 3.79. The van der Waals surface area contributed by atoms with E-state index in [2.05, 4.69) is 16.0 Å². The summed E-state index contributed by atoms with van der Waals surface area (Å²) in [4.78, 5) is 17.4. The van der Waals surface area contributed by atoms with Crippen LogP contribution in [0.2, 0.25) is 0 Å². The number of ether oxygens (including phenoxy) is 2. The number of allylic oxidation sites excluding steroid dienone is 1. The average Bonchev–Trinajstić information content (AvgIpc) is 3.18. The zero-order valence-electron chi connectivity index (χ0n) is 21.2. The summed E-state index contributed by atoms with van der Waals surface area (Å²) in [6.45, 7) is 11.1. The molecule has 182 valence electrons. The first-order valence-corrected chi connectivity index (χ1v) is 11.9. The molecule has 3 rings (SSSR count). The fourth-order valence-corrected chi connectivity index (χ4v) is 3.79. The number of amides is 1. The van der Waals surface area contributed by atoms with Gasteiger partial charge in [-0.2, -0.15) is 0 Å². The number of benzene rings is 2. The van der Waals surface area contributed by atoms with Crippen molar-refractivity contribution in [3.63, 3.8) is 0 Å². The minimum absolute atomic E-state index is 0.0152. The summed E-state index contributed by atoms with van der Waals surface area (Å²) in [6, 6.07) is 13.9. The molecule has 6 heteroatoms. The van der Waals surface area contributed by atoms with Gasteiger partial charge < -0.3 is 19.4 Å². The molecule has 0 aliphatic heterocycles. The highest BCUT2D eigenvalue weighted by molar-refractivity contribution is 5.82. The zero-order chi connectivity index (χ0) is 24.7. The topological polar surface area (TPSA) is 65.4 Å². The molecule has 34 heavy (non-hydrogen) atoms. The molecular formula is C28H37N3O3. The number of nitrogens with zero attached hydrogens (tertiary/aromatic N) is 2. The summed E-state index contributed by atoms with van der Waals surface area (Å²) in [5, 5.41) is 3.12. The summed E-state index contributed by atoms with van der Waals surface area (Å²) in [5.74, 6) is 2.38. The Morgan fingerprint density at radius 2 is 1.91 bits per heavy atom. The lowest BCUT2D eigenvalue weighted by Gasteiger charge is -2.22. The molecule has 2 aromatic carbocycles. The number of rotatable bonds is 10. The molecule has 0 aliphatic rings. The number of para-hydroxylation sites is 2. The smallest absolute Gasteiger partial charge is 0.225 e. The molecule has 1 atom stereocenters. The van der Waals surface area contributed by atoms with Crippen LogP contribution in [0.25, 0.3) is 17.1 Å². The van der Waals surface area contributed by atoms with E-state index in [1.165, 1.54) is 0 Å². The highest BCUT2D eigenvalue weighted by Gasteiger charge is 2.25. The van der Waals surface area contributed by atoms with Crippen molar-refractivity contribution in [1.82, 2.24) is 14.9 Å². The van der Waals surface area contributed by atoms with Crippen LogP contribution in [-0.4, -0.2) is 29.2 Å². The lowest BCUT2D eigenvalue weighted by molar-refractivity contribution is -0.129. The maximum absolute atomic E-state index is 12.5. The fraction of sp³-hybridized carbons (Fsp3) is 0.429. The van der Waals surface area contributed by atoms with Crippen LogP contribution in [-0.2, 0) is 11.3 Å². The van der Waals surface area contributed by atoms with Crippen LogP contribution >= 0.6 is 0 Å². The van der Waals surface area contributed by atoms with Gasteiger partial charge in [-0.25, -0.2) is 4.98 Å². The van der Waals surface area contributed by atoms with Crippen LogP contribution in [0.15, 0.2) is 48.5 Å². The third-order valence-electron chi connectivity index (χ3n) is 5.68. The molecule has 1 unspecified atom stereocenters. The Kier molecular flexibility index (Phi) is 8.37. The standard InChI is InChI=1S/C28H37N3O3/c1-7-12-21-15-16-24(25(19-21)33-6)34-18-11-10-17-31-23-14-9-8-13-22(23)30-26(31)20(2)29-27(32)28(3,4)5/h7-9,12-16,19-20H,10-11,17-18H2,1-6H3,(H,29,32)/b12-7+. The molecule has 0 radical (unpaired) electrons. The summed E-state index contributed by atoms with van der Waals surface area (Å²) < 4.78 is 13.7. The van der Waals surface area contributed by atoms with Gasteiger partial charge in [0, 0.05) is 12.0 Å². The van der Waals surface area contributed by atoms with Gasteiger partial charge in [0.2, 0.25) is 5.91 Å². The monoisotopic (exact) mass is 463 g/mol. The van der Waals surface area contributed by atoms with E-state index in [9.17, 15) is 4.79 Å². The van der Waals surface area contributed by atoms with Crippen LogP contribution in [0.4, 0.5) is 0 Å². The molecular weight excluding hydrogens is 426 g/mol. The SMILES string of the molecule is C/C=C/c1ccc(OCCCCn2c(C(C)NC(=O)C(C)(C)C)nc3ccccc32)c(OC)c1. The van der Waals surface area contributed by atoms with E-state index in [4.69, 9.17) is 14.5 Å². The van der Waals surface area contributed by atoms with Crippen molar-refractivity contribution < 1.29 is 14.3 Å². The molecule has 0 saturated heterocycles. The lowest BCUT2D eigenvalue weighted by atomic mass is 9.95. The number of hydrogen-bond donors (Lipinski definition) is 1. The number of methoxy groups -OCH3 is 1. The number of carbonyl (C=O) groups is 1. The second-order valence-electron chi connectivity index (χ2n) is 9.52. The van der Waals surface area contributed by atoms with E-state index in [0.717, 1.165) is 53.3 Å². The Morgan fingerprint density at radius 3 is 2.62 bits per heavy atom. The lowest BCUT2D eigenvalue weighted by Crippen LogP contribution is -2.37. The number of unbranched alkanes of at least 4 members (excludes halogenated alkanes) is 1. The molecule has 1 aromatic heterocycles. The number of nitrogens with one attached hydrogen (secondary N) is 1. The Labute approximate surface area is 203 Å².